The minimum atomic E-state index is -0.571. The van der Waals surface area contributed by atoms with Crippen LogP contribution in [0.5, 0.6) is 0 Å². The second-order valence-electron chi connectivity index (χ2n) is 1.24. The molecule has 0 bridgehead atoms. The van der Waals surface area contributed by atoms with Gasteiger partial charge in [0.1, 0.15) is 6.26 Å². The predicted molar refractivity (Wildman–Crippen MR) is 46.8 cm³/mol. The van der Waals surface area contributed by atoms with Gasteiger partial charge in [0, 0.05) is 0 Å². The zero-order valence-corrected chi connectivity index (χ0v) is 7.67. The van der Waals surface area contributed by atoms with E-state index < -0.39 is 5.91 Å². The van der Waals surface area contributed by atoms with Crippen LogP contribution in [-0.2, 0) is 0 Å². The summed E-state index contributed by atoms with van der Waals surface area (Å²) < 4.78 is 4.46. The van der Waals surface area contributed by atoms with Crippen molar-refractivity contribution < 1.29 is 9.21 Å². The van der Waals surface area contributed by atoms with Crippen molar-refractivity contribution in [3.8, 4) is 0 Å². The van der Waals surface area contributed by atoms with Crippen molar-refractivity contribution in [1.29, 1.82) is 0 Å². The van der Waals surface area contributed by atoms with Crippen molar-refractivity contribution in [3.05, 3.63) is 18.4 Å². The number of oxazole rings is 1. The Balaban J connectivity index is -0.000000213. The Morgan fingerprint density at radius 3 is 2.18 bits per heavy atom. The van der Waals surface area contributed by atoms with Gasteiger partial charge in [-0.25, -0.2) is 4.98 Å². The summed E-state index contributed by atoms with van der Waals surface area (Å²) in [5, 5.41) is 0. The van der Waals surface area contributed by atoms with E-state index in [0.717, 1.165) is 6.39 Å². The fraction of sp³-hybridized carbons (Fsp3) is 0. The third kappa shape index (κ3) is 4.89. The molecule has 1 rings (SSSR count). The molecule has 1 aromatic rings. The van der Waals surface area contributed by atoms with E-state index in [-0.39, 0.29) is 42.9 Å². The molecule has 66 valence electrons. The van der Waals surface area contributed by atoms with Gasteiger partial charge in [-0.05, 0) is 0 Å². The zero-order valence-electron chi connectivity index (χ0n) is 5.22. The second-order valence-corrected chi connectivity index (χ2v) is 1.24. The highest BCUT2D eigenvalue weighted by Crippen LogP contribution is 1.89. The average Bonchev–Trinajstić information content (AvgIpc) is 2.12. The molecule has 2 N–H and O–H groups in total. The molecule has 0 aliphatic heterocycles. The number of nitrogens with two attached hydrogens (primary N) is 1. The average molecular weight is 221 g/mol. The predicted octanol–water partition coefficient (Wildman–Crippen LogP) is 1.04. The molecule has 0 radical (unpaired) electrons. The maximum absolute atomic E-state index is 10.2. The monoisotopic (exact) mass is 220 g/mol. The number of primary amides is 1. The molecule has 4 nitrogen and oxygen atoms in total. The Morgan fingerprint density at radius 1 is 1.45 bits per heavy atom. The quantitative estimate of drug-likeness (QED) is 0.770. The normalized spacial score (nSPS) is 6.55. The van der Waals surface area contributed by atoms with Crippen molar-refractivity contribution in [2.45, 2.75) is 0 Å². The van der Waals surface area contributed by atoms with E-state index in [1.54, 1.807) is 0 Å². The first-order valence-electron chi connectivity index (χ1n) is 1.98. The molecular weight excluding hydrogens is 214 g/mol. The molecule has 0 atom stereocenters. The summed E-state index contributed by atoms with van der Waals surface area (Å²) in [7, 11) is 0. The van der Waals surface area contributed by atoms with Gasteiger partial charge < -0.3 is 10.2 Å². The van der Waals surface area contributed by atoms with E-state index in [1.807, 2.05) is 0 Å². The summed E-state index contributed by atoms with van der Waals surface area (Å²) in [5.41, 5.74) is 4.95. The SMILES string of the molecule is Cl.Cl.Cl.NC(=O)c1cocn1. The standard InChI is InChI=1S/C4H4N2O2.3ClH/c5-4(7)3-1-8-2-6-3;;;/h1-2H,(H2,5,7);3*1H. The first-order valence-corrected chi connectivity index (χ1v) is 1.98. The maximum Gasteiger partial charge on any atom is 0.270 e. The Hall–Kier alpha value is -0.450. The summed E-state index contributed by atoms with van der Waals surface area (Å²) in [5.74, 6) is -0.571. The molecule has 0 aromatic carbocycles. The first-order chi connectivity index (χ1) is 3.80. The van der Waals surface area contributed by atoms with Gasteiger partial charge in [0.15, 0.2) is 12.1 Å². The molecule has 11 heavy (non-hydrogen) atoms. The van der Waals surface area contributed by atoms with Crippen LogP contribution < -0.4 is 5.73 Å². The number of hydrogen-bond acceptors (Lipinski definition) is 3. The molecule has 0 aliphatic rings. The van der Waals surface area contributed by atoms with Crippen LogP contribution in [0.2, 0.25) is 0 Å². The van der Waals surface area contributed by atoms with Crippen LogP contribution in [0.3, 0.4) is 0 Å². The van der Waals surface area contributed by atoms with Crippen molar-refractivity contribution in [2.75, 3.05) is 0 Å². The van der Waals surface area contributed by atoms with Crippen LogP contribution in [0.25, 0.3) is 0 Å². The highest BCUT2D eigenvalue weighted by atomic mass is 35.5. The van der Waals surface area contributed by atoms with Crippen molar-refractivity contribution in [3.63, 3.8) is 0 Å². The Bertz CT molecular complexity index is 189. The van der Waals surface area contributed by atoms with Crippen molar-refractivity contribution in [1.82, 2.24) is 4.98 Å². The molecular formula is C4H7Cl3N2O2. The van der Waals surface area contributed by atoms with Gasteiger partial charge in [0.2, 0.25) is 0 Å². The molecule has 1 amide bonds. The number of aromatic nitrogens is 1. The van der Waals surface area contributed by atoms with Crippen LogP contribution in [0, 0.1) is 0 Å². The van der Waals surface area contributed by atoms with Gasteiger partial charge in [0.05, 0.1) is 0 Å². The maximum atomic E-state index is 10.2. The topological polar surface area (TPSA) is 69.1 Å². The second kappa shape index (κ2) is 7.65. The van der Waals surface area contributed by atoms with Gasteiger partial charge in [-0.1, -0.05) is 0 Å². The lowest BCUT2D eigenvalue weighted by atomic mass is 10.5. The zero-order chi connectivity index (χ0) is 5.98. The van der Waals surface area contributed by atoms with Crippen LogP contribution in [-0.4, -0.2) is 10.9 Å². The number of hydrogen-bond donors (Lipinski definition) is 1. The number of carbonyl (C=O) groups excluding carboxylic acids is 1. The van der Waals surface area contributed by atoms with Crippen LogP contribution >= 0.6 is 37.2 Å². The minimum absolute atomic E-state index is 0. The van der Waals surface area contributed by atoms with Gasteiger partial charge in [-0.2, -0.15) is 0 Å². The number of nitrogens with zero attached hydrogens (tertiary/aromatic N) is 1. The lowest BCUT2D eigenvalue weighted by Gasteiger charge is -1.77. The van der Waals surface area contributed by atoms with Gasteiger partial charge >= 0.3 is 0 Å². The van der Waals surface area contributed by atoms with Crippen LogP contribution in [0.1, 0.15) is 10.5 Å². The van der Waals surface area contributed by atoms with Crippen LogP contribution in [0.15, 0.2) is 17.1 Å². The van der Waals surface area contributed by atoms with E-state index in [4.69, 9.17) is 5.73 Å². The van der Waals surface area contributed by atoms with Gasteiger partial charge in [-0.15, -0.1) is 37.2 Å². The minimum Gasteiger partial charge on any atom is -0.451 e. The highest BCUT2D eigenvalue weighted by Gasteiger charge is 1.99. The van der Waals surface area contributed by atoms with E-state index in [2.05, 4.69) is 9.40 Å². The molecule has 0 spiro atoms. The molecule has 1 aromatic heterocycles. The molecule has 0 saturated heterocycles. The van der Waals surface area contributed by atoms with Crippen LogP contribution in [0.4, 0.5) is 0 Å². The largest absolute Gasteiger partial charge is 0.451 e. The molecule has 1 heterocycles. The fourth-order valence-electron chi connectivity index (χ4n) is 0.334. The molecule has 7 heteroatoms. The third-order valence-electron chi connectivity index (χ3n) is 0.685. The van der Waals surface area contributed by atoms with Crippen molar-refractivity contribution in [2.24, 2.45) is 5.73 Å². The number of halogens is 3. The summed E-state index contributed by atoms with van der Waals surface area (Å²) in [6.45, 7) is 0. The molecule has 0 aliphatic carbocycles. The van der Waals surface area contributed by atoms with E-state index in [1.165, 1.54) is 6.26 Å². The third-order valence-corrected chi connectivity index (χ3v) is 0.685. The Morgan fingerprint density at radius 2 is 2.00 bits per heavy atom. The Labute approximate surface area is 81.8 Å². The van der Waals surface area contributed by atoms with E-state index in [0.29, 0.717) is 0 Å². The van der Waals surface area contributed by atoms with Gasteiger partial charge in [0.25, 0.3) is 5.91 Å². The van der Waals surface area contributed by atoms with Gasteiger partial charge in [-0.3, -0.25) is 4.79 Å². The molecule has 0 saturated carbocycles. The summed E-state index contributed by atoms with van der Waals surface area (Å²) in [6.07, 6.45) is 2.35. The summed E-state index contributed by atoms with van der Waals surface area (Å²) >= 11 is 0. The lowest BCUT2D eigenvalue weighted by molar-refractivity contribution is 0.0995. The first kappa shape index (κ1) is 16.9. The Kier molecular flexibility index (Phi) is 11.7. The van der Waals surface area contributed by atoms with E-state index in [9.17, 15) is 4.79 Å². The molecule has 0 unspecified atom stereocenters. The molecule has 0 fully saturated rings. The summed E-state index contributed by atoms with van der Waals surface area (Å²) in [6, 6.07) is 0. The smallest absolute Gasteiger partial charge is 0.270 e. The number of amides is 1. The fourth-order valence-corrected chi connectivity index (χ4v) is 0.334. The number of rotatable bonds is 1. The van der Waals surface area contributed by atoms with Crippen molar-refractivity contribution >= 4 is 43.1 Å². The lowest BCUT2D eigenvalue weighted by Crippen LogP contribution is -2.10. The number of carbonyl (C=O) groups is 1. The van der Waals surface area contributed by atoms with E-state index >= 15 is 0 Å². The summed E-state index contributed by atoms with van der Waals surface area (Å²) in [4.78, 5) is 13.6. The highest BCUT2D eigenvalue weighted by molar-refractivity contribution is 5.90.